The maximum Gasteiger partial charge on any atom is 0.184 e. The Morgan fingerprint density at radius 3 is 2.84 bits per heavy atom. The zero-order chi connectivity index (χ0) is 17.8. The molecule has 25 heavy (non-hydrogen) atoms. The lowest BCUT2D eigenvalue weighted by Gasteiger charge is -2.59. The highest BCUT2D eigenvalue weighted by atomic mass is 32.1. The minimum absolute atomic E-state index is 0.0185. The molecule has 0 spiro atoms. The molecule has 4 heteroatoms. The number of fused-ring (bicyclic) bond motifs is 5. The summed E-state index contributed by atoms with van der Waals surface area (Å²) in [4.78, 5) is 12.2. The Hall–Kier alpha value is 0.0700. The zero-order valence-corrected chi connectivity index (χ0v) is 17.1. The van der Waals surface area contributed by atoms with Gasteiger partial charge in [-0.15, -0.1) is 0 Å². The van der Waals surface area contributed by atoms with Crippen LogP contribution in [-0.4, -0.2) is 28.0 Å². The van der Waals surface area contributed by atoms with Gasteiger partial charge in [-0.3, -0.25) is 4.79 Å². The Bertz CT molecular complexity index is 588. The fourth-order valence-corrected chi connectivity index (χ4v) is 7.70. The van der Waals surface area contributed by atoms with Crippen LogP contribution >= 0.6 is 25.3 Å². The fraction of sp³-hybridized carbons (Fsp3) is 0.857. The van der Waals surface area contributed by atoms with E-state index in [1.165, 1.54) is 44.1 Å². The standard InChI is InChI=1S/C21H32O2S2/c1-20-7-2-3-16(20)15-5-4-13-9-18(22)19(23)11-21(13,10-14(25)12-24)17(15)6-8-20/h9,14-17,19,23-25H,2-8,10-12H2,1H3/t14?,15-,16-,17+,19?,20-,21-/m0/s1. The van der Waals surface area contributed by atoms with Crippen LogP contribution in [0.25, 0.3) is 0 Å². The Balaban J connectivity index is 1.73. The van der Waals surface area contributed by atoms with E-state index < -0.39 is 6.10 Å². The van der Waals surface area contributed by atoms with Gasteiger partial charge in [-0.2, -0.15) is 25.3 Å². The van der Waals surface area contributed by atoms with E-state index in [1.807, 2.05) is 6.08 Å². The first-order chi connectivity index (χ1) is 11.9. The molecule has 0 saturated heterocycles. The first-order valence-corrected chi connectivity index (χ1v) is 11.3. The van der Waals surface area contributed by atoms with E-state index in [2.05, 4.69) is 19.6 Å². The third kappa shape index (κ3) is 2.86. The summed E-state index contributed by atoms with van der Waals surface area (Å²) >= 11 is 9.26. The van der Waals surface area contributed by atoms with Crippen molar-refractivity contribution in [1.82, 2.24) is 0 Å². The number of hydrogen-bond donors (Lipinski definition) is 3. The van der Waals surface area contributed by atoms with Crippen molar-refractivity contribution in [3.63, 3.8) is 0 Å². The number of carbonyl (C=O) groups excluding carboxylic acids is 1. The minimum Gasteiger partial charge on any atom is -0.385 e. The van der Waals surface area contributed by atoms with Gasteiger partial charge in [0, 0.05) is 11.0 Å². The first-order valence-electron chi connectivity index (χ1n) is 10.1. The van der Waals surface area contributed by atoms with Crippen LogP contribution in [0, 0.1) is 28.6 Å². The molecule has 1 N–H and O–H groups in total. The van der Waals surface area contributed by atoms with Gasteiger partial charge in [-0.25, -0.2) is 0 Å². The summed E-state index contributed by atoms with van der Waals surface area (Å²) < 4.78 is 0. The van der Waals surface area contributed by atoms with Crippen molar-refractivity contribution >= 4 is 31.0 Å². The van der Waals surface area contributed by atoms with Crippen molar-refractivity contribution in [3.05, 3.63) is 11.6 Å². The van der Waals surface area contributed by atoms with Crippen molar-refractivity contribution < 1.29 is 9.90 Å². The SMILES string of the molecule is C[C@@]12CCC[C@H]1[C@@H]1CCC3=CC(=O)C(O)C[C@]3(CC(S)CS)[C@@H]1CC2. The van der Waals surface area contributed by atoms with Gasteiger partial charge in [-0.05, 0) is 86.0 Å². The molecule has 0 radical (unpaired) electrons. The van der Waals surface area contributed by atoms with Crippen molar-refractivity contribution in [2.75, 3.05) is 5.75 Å². The predicted molar refractivity (Wildman–Crippen MR) is 108 cm³/mol. The largest absolute Gasteiger partial charge is 0.385 e. The monoisotopic (exact) mass is 380 g/mol. The van der Waals surface area contributed by atoms with Crippen LogP contribution in [-0.2, 0) is 4.79 Å². The molecular weight excluding hydrogens is 348 g/mol. The van der Waals surface area contributed by atoms with Gasteiger partial charge in [0.25, 0.3) is 0 Å². The number of carbonyl (C=O) groups is 1. The van der Waals surface area contributed by atoms with E-state index in [0.717, 1.165) is 30.4 Å². The molecule has 4 aliphatic rings. The van der Waals surface area contributed by atoms with Crippen LogP contribution in [0.1, 0.15) is 64.7 Å². The molecule has 0 amide bonds. The third-order valence-corrected chi connectivity index (χ3v) is 9.42. The summed E-state index contributed by atoms with van der Waals surface area (Å²) in [6.07, 6.45) is 11.6. The molecule has 7 atom stereocenters. The first kappa shape index (κ1) is 18.4. The van der Waals surface area contributed by atoms with Crippen LogP contribution in [0.15, 0.2) is 11.6 Å². The van der Waals surface area contributed by atoms with E-state index in [4.69, 9.17) is 12.6 Å². The molecule has 0 aromatic heterocycles. The lowest BCUT2D eigenvalue weighted by molar-refractivity contribution is -0.129. The number of hydrogen-bond acceptors (Lipinski definition) is 4. The van der Waals surface area contributed by atoms with Gasteiger partial charge in [0.1, 0.15) is 6.10 Å². The second kappa shape index (κ2) is 6.60. The predicted octanol–water partition coefficient (Wildman–Crippen LogP) is 4.48. The topological polar surface area (TPSA) is 37.3 Å². The van der Waals surface area contributed by atoms with Crippen molar-refractivity contribution in [3.8, 4) is 0 Å². The van der Waals surface area contributed by atoms with Gasteiger partial charge in [-0.1, -0.05) is 18.9 Å². The maximum absolute atomic E-state index is 12.2. The zero-order valence-electron chi connectivity index (χ0n) is 15.3. The van der Waals surface area contributed by atoms with E-state index in [9.17, 15) is 9.90 Å². The van der Waals surface area contributed by atoms with Crippen molar-refractivity contribution in [1.29, 1.82) is 0 Å². The minimum atomic E-state index is -0.820. The molecule has 2 unspecified atom stereocenters. The van der Waals surface area contributed by atoms with Crippen LogP contribution in [0.3, 0.4) is 0 Å². The molecule has 0 aromatic carbocycles. The summed E-state index contributed by atoms with van der Waals surface area (Å²) in [5, 5.41) is 10.7. The number of allylic oxidation sites excluding steroid dienone is 1. The number of thiol groups is 2. The molecule has 4 aliphatic carbocycles. The Morgan fingerprint density at radius 1 is 1.28 bits per heavy atom. The summed E-state index contributed by atoms with van der Waals surface area (Å²) in [6.45, 7) is 2.52. The Morgan fingerprint density at radius 2 is 2.08 bits per heavy atom. The lowest BCUT2D eigenvalue weighted by Crippen LogP contribution is -2.53. The molecule has 3 fully saturated rings. The molecule has 3 saturated carbocycles. The molecule has 140 valence electrons. The van der Waals surface area contributed by atoms with Gasteiger partial charge < -0.3 is 5.11 Å². The van der Waals surface area contributed by atoms with Gasteiger partial charge in [0.2, 0.25) is 0 Å². The molecule has 4 rings (SSSR count). The molecular formula is C21H32O2S2. The molecule has 0 bridgehead atoms. The van der Waals surface area contributed by atoms with Crippen LogP contribution in [0.4, 0.5) is 0 Å². The third-order valence-electron chi connectivity index (χ3n) is 8.33. The molecule has 0 heterocycles. The Kier molecular flexibility index (Phi) is 4.86. The molecule has 0 aliphatic heterocycles. The summed E-state index contributed by atoms with van der Waals surface area (Å²) in [6, 6.07) is 0. The summed E-state index contributed by atoms with van der Waals surface area (Å²) in [5.74, 6) is 2.89. The van der Waals surface area contributed by atoms with Crippen molar-refractivity contribution in [2.45, 2.75) is 76.1 Å². The number of ketones is 1. The highest BCUT2D eigenvalue weighted by Crippen LogP contribution is 2.66. The molecule has 2 nitrogen and oxygen atoms in total. The fourth-order valence-electron chi connectivity index (χ4n) is 7.24. The van der Waals surface area contributed by atoms with Crippen molar-refractivity contribution in [2.24, 2.45) is 28.6 Å². The van der Waals surface area contributed by atoms with Crippen LogP contribution in [0.2, 0.25) is 0 Å². The van der Waals surface area contributed by atoms with Crippen LogP contribution < -0.4 is 0 Å². The summed E-state index contributed by atoms with van der Waals surface area (Å²) in [5.41, 5.74) is 1.85. The quantitative estimate of drug-likeness (QED) is 0.632. The maximum atomic E-state index is 12.2. The lowest BCUT2D eigenvalue weighted by atomic mass is 9.46. The second-order valence-corrected chi connectivity index (χ2v) is 10.6. The van der Waals surface area contributed by atoms with E-state index in [0.29, 0.717) is 17.8 Å². The average Bonchev–Trinajstić information content (AvgIpc) is 2.98. The second-order valence-electron chi connectivity index (χ2n) is 9.49. The normalized spacial score (nSPS) is 47.5. The highest BCUT2D eigenvalue weighted by Gasteiger charge is 2.58. The summed E-state index contributed by atoms with van der Waals surface area (Å²) in [7, 11) is 0. The highest BCUT2D eigenvalue weighted by molar-refractivity contribution is 7.84. The smallest absolute Gasteiger partial charge is 0.184 e. The number of aliphatic hydroxyl groups excluding tert-OH is 1. The van der Waals surface area contributed by atoms with E-state index >= 15 is 0 Å². The van der Waals surface area contributed by atoms with Gasteiger partial charge in [0.05, 0.1) is 0 Å². The van der Waals surface area contributed by atoms with Gasteiger partial charge in [0.15, 0.2) is 5.78 Å². The van der Waals surface area contributed by atoms with E-state index in [-0.39, 0.29) is 16.4 Å². The average molecular weight is 381 g/mol. The van der Waals surface area contributed by atoms with Crippen LogP contribution in [0.5, 0.6) is 0 Å². The van der Waals surface area contributed by atoms with E-state index in [1.54, 1.807) is 0 Å². The number of rotatable bonds is 3. The number of aliphatic hydroxyl groups is 1. The van der Waals surface area contributed by atoms with Gasteiger partial charge >= 0.3 is 0 Å². The molecule has 0 aromatic rings. The Labute approximate surface area is 163 Å².